The normalized spacial score (nSPS) is 19.1. The molecule has 3 aromatic rings. The molecule has 1 amide bonds. The van der Waals surface area contributed by atoms with Crippen LogP contribution in [0.15, 0.2) is 18.5 Å². The van der Waals surface area contributed by atoms with Crippen molar-refractivity contribution >= 4 is 5.91 Å². The number of aromatic amines is 1. The number of carbonyl (C=O) groups excluding carboxylic acids is 1. The van der Waals surface area contributed by atoms with Crippen molar-refractivity contribution in [3.8, 4) is 0 Å². The summed E-state index contributed by atoms with van der Waals surface area (Å²) < 4.78 is 3.88. The van der Waals surface area contributed by atoms with Crippen LogP contribution in [0.3, 0.4) is 0 Å². The summed E-state index contributed by atoms with van der Waals surface area (Å²) >= 11 is 0. The third-order valence-electron chi connectivity index (χ3n) is 5.35. The first kappa shape index (κ1) is 17.4. The Morgan fingerprint density at radius 1 is 1.33 bits per heavy atom. The molecule has 27 heavy (non-hydrogen) atoms. The van der Waals surface area contributed by atoms with Crippen molar-refractivity contribution in [3.63, 3.8) is 0 Å². The van der Waals surface area contributed by atoms with Crippen LogP contribution >= 0.6 is 0 Å². The number of nitrogens with zero attached hydrogens (tertiary/aromatic N) is 6. The standard InChI is InChI=1S/C18H24N8O/c1-11-15(12(2)22-21-11)9-17(27)20-14-7-13(8-14)18-24-23-16(25(18)3)10-26-6-4-5-19-26/h4-6,13-14H,7-10H2,1-3H3,(H,20,27)(H,21,22). The van der Waals surface area contributed by atoms with Gasteiger partial charge in [0.1, 0.15) is 12.4 Å². The largest absolute Gasteiger partial charge is 0.353 e. The van der Waals surface area contributed by atoms with Gasteiger partial charge >= 0.3 is 0 Å². The van der Waals surface area contributed by atoms with E-state index in [0.29, 0.717) is 18.9 Å². The van der Waals surface area contributed by atoms with Gasteiger partial charge < -0.3 is 9.88 Å². The van der Waals surface area contributed by atoms with Gasteiger partial charge in [-0.1, -0.05) is 0 Å². The Kier molecular flexibility index (Phi) is 4.51. The first-order valence-corrected chi connectivity index (χ1v) is 9.16. The predicted molar refractivity (Wildman–Crippen MR) is 98.0 cm³/mol. The van der Waals surface area contributed by atoms with Gasteiger partial charge in [0.2, 0.25) is 5.91 Å². The first-order chi connectivity index (χ1) is 13.0. The summed E-state index contributed by atoms with van der Waals surface area (Å²) in [6, 6.07) is 2.09. The minimum absolute atomic E-state index is 0.0448. The van der Waals surface area contributed by atoms with Crippen LogP contribution < -0.4 is 5.32 Å². The van der Waals surface area contributed by atoms with Crippen LogP contribution in [0, 0.1) is 13.8 Å². The van der Waals surface area contributed by atoms with E-state index >= 15 is 0 Å². The average molecular weight is 368 g/mol. The number of aromatic nitrogens is 7. The summed E-state index contributed by atoms with van der Waals surface area (Å²) in [6.07, 6.45) is 5.81. The minimum atomic E-state index is 0.0448. The van der Waals surface area contributed by atoms with Crippen molar-refractivity contribution < 1.29 is 4.79 Å². The van der Waals surface area contributed by atoms with E-state index in [1.807, 2.05) is 42.4 Å². The Morgan fingerprint density at radius 3 is 2.81 bits per heavy atom. The highest BCUT2D eigenvalue weighted by Crippen LogP contribution is 2.36. The summed E-state index contributed by atoms with van der Waals surface area (Å²) in [6.45, 7) is 4.46. The smallest absolute Gasteiger partial charge is 0.224 e. The SMILES string of the molecule is Cc1n[nH]c(C)c1CC(=O)NC1CC(c2nnc(Cn3cccn3)n2C)C1. The molecule has 1 fully saturated rings. The lowest BCUT2D eigenvalue weighted by Crippen LogP contribution is -2.44. The monoisotopic (exact) mass is 368 g/mol. The first-order valence-electron chi connectivity index (χ1n) is 9.16. The molecule has 0 radical (unpaired) electrons. The van der Waals surface area contributed by atoms with Crippen molar-refractivity contribution in [3.05, 3.63) is 47.1 Å². The van der Waals surface area contributed by atoms with E-state index in [2.05, 4.69) is 30.8 Å². The van der Waals surface area contributed by atoms with E-state index < -0.39 is 0 Å². The number of rotatable bonds is 6. The molecule has 9 nitrogen and oxygen atoms in total. The van der Waals surface area contributed by atoms with Crippen LogP contribution in [0.25, 0.3) is 0 Å². The number of H-pyrrole nitrogens is 1. The minimum Gasteiger partial charge on any atom is -0.353 e. The van der Waals surface area contributed by atoms with E-state index in [1.54, 1.807) is 6.20 Å². The van der Waals surface area contributed by atoms with Crippen LogP contribution in [0.4, 0.5) is 0 Å². The van der Waals surface area contributed by atoms with Crippen molar-refractivity contribution in [2.75, 3.05) is 0 Å². The topological polar surface area (TPSA) is 106 Å². The quantitative estimate of drug-likeness (QED) is 0.675. The summed E-state index contributed by atoms with van der Waals surface area (Å²) in [5.41, 5.74) is 2.83. The third-order valence-corrected chi connectivity index (χ3v) is 5.35. The lowest BCUT2D eigenvalue weighted by atomic mass is 9.79. The van der Waals surface area contributed by atoms with Gasteiger partial charge in [-0.15, -0.1) is 10.2 Å². The van der Waals surface area contributed by atoms with Crippen molar-refractivity contribution in [2.45, 2.75) is 51.6 Å². The molecule has 3 heterocycles. The maximum absolute atomic E-state index is 12.3. The molecule has 4 rings (SSSR count). The van der Waals surface area contributed by atoms with E-state index in [0.717, 1.165) is 41.4 Å². The fourth-order valence-corrected chi connectivity index (χ4v) is 3.63. The molecule has 3 aromatic heterocycles. The highest BCUT2D eigenvalue weighted by molar-refractivity contribution is 5.79. The molecule has 1 aliphatic carbocycles. The summed E-state index contributed by atoms with van der Waals surface area (Å²) in [5, 5.41) is 23.1. The second-order valence-electron chi connectivity index (χ2n) is 7.26. The van der Waals surface area contributed by atoms with Crippen LogP contribution in [-0.2, 0) is 24.8 Å². The van der Waals surface area contributed by atoms with Crippen LogP contribution in [0.1, 0.15) is 47.4 Å². The average Bonchev–Trinajstić information content (AvgIpc) is 3.31. The van der Waals surface area contributed by atoms with Gasteiger partial charge in [-0.2, -0.15) is 10.2 Å². The van der Waals surface area contributed by atoms with Crippen molar-refractivity contribution in [2.24, 2.45) is 7.05 Å². The molecule has 2 N–H and O–H groups in total. The van der Waals surface area contributed by atoms with Gasteiger partial charge in [-0.05, 0) is 32.8 Å². The second kappa shape index (κ2) is 6.98. The number of hydrogen-bond acceptors (Lipinski definition) is 5. The summed E-state index contributed by atoms with van der Waals surface area (Å²) in [5.74, 6) is 2.23. The van der Waals surface area contributed by atoms with E-state index in [4.69, 9.17) is 0 Å². The lowest BCUT2D eigenvalue weighted by molar-refractivity contribution is -0.121. The molecule has 0 atom stereocenters. The zero-order valence-electron chi connectivity index (χ0n) is 15.8. The second-order valence-corrected chi connectivity index (χ2v) is 7.26. The van der Waals surface area contributed by atoms with Crippen LogP contribution in [-0.4, -0.2) is 46.7 Å². The Bertz CT molecular complexity index is 913. The van der Waals surface area contributed by atoms with Gasteiger partial charge in [0.15, 0.2) is 5.82 Å². The molecule has 0 aliphatic heterocycles. The zero-order valence-corrected chi connectivity index (χ0v) is 15.8. The van der Waals surface area contributed by atoms with E-state index in [1.165, 1.54) is 0 Å². The van der Waals surface area contributed by atoms with Crippen LogP contribution in [0.5, 0.6) is 0 Å². The highest BCUT2D eigenvalue weighted by Gasteiger charge is 2.35. The number of carbonyl (C=O) groups is 1. The molecule has 0 unspecified atom stereocenters. The van der Waals surface area contributed by atoms with Gasteiger partial charge in [0.25, 0.3) is 0 Å². The van der Waals surface area contributed by atoms with Gasteiger partial charge in [-0.3, -0.25) is 14.6 Å². The Morgan fingerprint density at radius 2 is 2.15 bits per heavy atom. The van der Waals surface area contributed by atoms with Gasteiger partial charge in [-0.25, -0.2) is 0 Å². The summed E-state index contributed by atoms with van der Waals surface area (Å²) in [7, 11) is 1.99. The van der Waals surface area contributed by atoms with Crippen LogP contribution in [0.2, 0.25) is 0 Å². The molecule has 9 heteroatoms. The number of amides is 1. The Labute approximate surface area is 157 Å². The fraction of sp³-hybridized carbons (Fsp3) is 0.500. The molecule has 0 spiro atoms. The van der Waals surface area contributed by atoms with Gasteiger partial charge in [0.05, 0.1) is 12.1 Å². The Balaban J connectivity index is 1.31. The molecule has 0 saturated heterocycles. The Hall–Kier alpha value is -2.97. The highest BCUT2D eigenvalue weighted by atomic mass is 16.1. The molecule has 0 aromatic carbocycles. The van der Waals surface area contributed by atoms with E-state index in [-0.39, 0.29) is 11.9 Å². The summed E-state index contributed by atoms with van der Waals surface area (Å²) in [4.78, 5) is 12.3. The van der Waals surface area contributed by atoms with E-state index in [9.17, 15) is 4.79 Å². The maximum Gasteiger partial charge on any atom is 0.224 e. The fourth-order valence-electron chi connectivity index (χ4n) is 3.63. The number of nitrogens with one attached hydrogen (secondary N) is 2. The molecule has 1 saturated carbocycles. The molecule has 1 aliphatic rings. The van der Waals surface area contributed by atoms with Gasteiger partial charge in [0, 0.05) is 42.7 Å². The number of hydrogen-bond donors (Lipinski definition) is 2. The molecule has 142 valence electrons. The number of aryl methyl sites for hydroxylation is 2. The maximum atomic E-state index is 12.3. The zero-order chi connectivity index (χ0) is 19.0. The van der Waals surface area contributed by atoms with Crippen molar-refractivity contribution in [1.82, 2.24) is 40.1 Å². The van der Waals surface area contributed by atoms with Crippen molar-refractivity contribution in [1.29, 1.82) is 0 Å². The molecular weight excluding hydrogens is 344 g/mol. The lowest BCUT2D eigenvalue weighted by Gasteiger charge is -2.35. The third kappa shape index (κ3) is 3.49. The predicted octanol–water partition coefficient (Wildman–Crippen LogP) is 1.00. The molecular formula is C18H24N8O. The molecule has 0 bridgehead atoms.